The van der Waals surface area contributed by atoms with Crippen LogP contribution in [-0.4, -0.2) is 29.3 Å². The van der Waals surface area contributed by atoms with Gasteiger partial charge in [-0.05, 0) is 37.5 Å². The molecule has 0 N–H and O–H groups in total. The Kier molecular flexibility index (Phi) is 4.14. The molecule has 2 heterocycles. The van der Waals surface area contributed by atoms with Gasteiger partial charge in [0.05, 0.1) is 12.8 Å². The molecule has 2 aromatic rings. The first-order chi connectivity index (χ1) is 11.1. The van der Waals surface area contributed by atoms with Gasteiger partial charge < -0.3 is 9.64 Å². The summed E-state index contributed by atoms with van der Waals surface area (Å²) < 4.78 is 6.62. The summed E-state index contributed by atoms with van der Waals surface area (Å²) in [5, 5.41) is 4.08. The maximum Gasteiger partial charge on any atom is 0.278 e. The molecule has 1 aliphatic rings. The first kappa shape index (κ1) is 15.3. The molecule has 3 rings (SSSR count). The molecule has 0 saturated carbocycles. The van der Waals surface area contributed by atoms with Crippen LogP contribution in [-0.2, 0) is 13.5 Å². The highest BCUT2D eigenvalue weighted by molar-refractivity contribution is 6.05. The van der Waals surface area contributed by atoms with E-state index >= 15 is 0 Å². The molecule has 23 heavy (non-hydrogen) atoms. The lowest BCUT2D eigenvalue weighted by atomic mass is 10.1. The predicted molar refractivity (Wildman–Crippen MR) is 87.1 cm³/mol. The molecule has 1 aromatic carbocycles. The number of carbonyl (C=O) groups excluding carboxylic acids is 1. The molecule has 0 unspecified atom stereocenters. The minimum atomic E-state index is -0.237. The molecule has 6 heteroatoms. The Labute approximate surface area is 134 Å². The van der Waals surface area contributed by atoms with E-state index in [0.717, 1.165) is 36.3 Å². The lowest BCUT2D eigenvalue weighted by molar-refractivity contribution is 0.0980. The van der Waals surface area contributed by atoms with Gasteiger partial charge in [0.1, 0.15) is 11.4 Å². The van der Waals surface area contributed by atoms with Gasteiger partial charge in [-0.25, -0.2) is 4.68 Å². The number of hydrogen-bond acceptors (Lipinski definition) is 4. The molecular formula is C17H19N3O3. The molecular weight excluding hydrogens is 294 g/mol. The van der Waals surface area contributed by atoms with Gasteiger partial charge in [0.15, 0.2) is 0 Å². The van der Waals surface area contributed by atoms with Crippen molar-refractivity contribution in [3.8, 4) is 5.75 Å². The Morgan fingerprint density at radius 1 is 1.22 bits per heavy atom. The van der Waals surface area contributed by atoms with E-state index in [-0.39, 0.29) is 17.2 Å². The van der Waals surface area contributed by atoms with E-state index in [2.05, 4.69) is 5.10 Å². The van der Waals surface area contributed by atoms with Gasteiger partial charge in [-0.2, -0.15) is 5.10 Å². The number of benzene rings is 1. The largest absolute Gasteiger partial charge is 0.496 e. The standard InChI is InChI=1S/C17H19N3O3/c1-19-16(21)10-9-13(18-19)17(22)20-11-4-3-6-12-14(20)7-5-8-15(12)23-2/h5,7-10H,3-4,6,11H2,1-2H3. The van der Waals surface area contributed by atoms with Crippen LogP contribution in [0.15, 0.2) is 35.1 Å². The van der Waals surface area contributed by atoms with E-state index in [1.165, 1.54) is 16.8 Å². The lowest BCUT2D eigenvalue weighted by Crippen LogP contribution is -2.34. The molecule has 0 radical (unpaired) electrons. The zero-order valence-electron chi connectivity index (χ0n) is 13.3. The highest BCUT2D eigenvalue weighted by Gasteiger charge is 2.25. The third kappa shape index (κ3) is 2.84. The number of rotatable bonds is 2. The van der Waals surface area contributed by atoms with Gasteiger partial charge >= 0.3 is 0 Å². The summed E-state index contributed by atoms with van der Waals surface area (Å²) in [6, 6.07) is 8.58. The Morgan fingerprint density at radius 2 is 2.04 bits per heavy atom. The Hall–Kier alpha value is -2.63. The first-order valence-corrected chi connectivity index (χ1v) is 7.64. The summed E-state index contributed by atoms with van der Waals surface area (Å²) in [7, 11) is 3.18. The molecule has 6 nitrogen and oxygen atoms in total. The van der Waals surface area contributed by atoms with Crippen LogP contribution in [0, 0.1) is 0 Å². The molecule has 0 spiro atoms. The first-order valence-electron chi connectivity index (χ1n) is 7.64. The van der Waals surface area contributed by atoms with Gasteiger partial charge in [0.25, 0.3) is 11.5 Å². The zero-order valence-corrected chi connectivity index (χ0v) is 13.3. The van der Waals surface area contributed by atoms with E-state index in [1.807, 2.05) is 18.2 Å². The fraction of sp³-hybridized carbons (Fsp3) is 0.353. The molecule has 0 bridgehead atoms. The van der Waals surface area contributed by atoms with Gasteiger partial charge in [-0.15, -0.1) is 0 Å². The summed E-state index contributed by atoms with van der Waals surface area (Å²) in [6.45, 7) is 0.628. The van der Waals surface area contributed by atoms with Crippen LogP contribution in [0.5, 0.6) is 5.75 Å². The second-order valence-electron chi connectivity index (χ2n) is 5.55. The van der Waals surface area contributed by atoms with Crippen LogP contribution in [0.3, 0.4) is 0 Å². The molecule has 0 saturated heterocycles. The maximum atomic E-state index is 12.9. The summed E-state index contributed by atoms with van der Waals surface area (Å²) in [5.41, 5.74) is 1.94. The summed E-state index contributed by atoms with van der Waals surface area (Å²) in [5.74, 6) is 0.604. The zero-order chi connectivity index (χ0) is 16.4. The fourth-order valence-corrected chi connectivity index (χ4v) is 2.91. The van der Waals surface area contributed by atoms with Crippen LogP contribution in [0.1, 0.15) is 28.9 Å². The van der Waals surface area contributed by atoms with Crippen molar-refractivity contribution >= 4 is 11.6 Å². The molecule has 0 aliphatic carbocycles. The molecule has 0 atom stereocenters. The molecule has 120 valence electrons. The minimum absolute atomic E-state index is 0.197. The van der Waals surface area contributed by atoms with Crippen molar-refractivity contribution in [2.75, 3.05) is 18.6 Å². The van der Waals surface area contributed by atoms with Crippen molar-refractivity contribution in [2.24, 2.45) is 7.05 Å². The normalized spacial score (nSPS) is 14.1. The van der Waals surface area contributed by atoms with Crippen LogP contribution in [0.4, 0.5) is 5.69 Å². The topological polar surface area (TPSA) is 64.4 Å². The number of nitrogens with zero attached hydrogens (tertiary/aromatic N) is 3. The number of anilines is 1. The third-order valence-electron chi connectivity index (χ3n) is 4.10. The number of ether oxygens (including phenoxy) is 1. The molecule has 1 aliphatic heterocycles. The molecule has 0 fully saturated rings. The summed E-state index contributed by atoms with van der Waals surface area (Å²) in [6.07, 6.45) is 2.79. The van der Waals surface area contributed by atoms with E-state index in [9.17, 15) is 9.59 Å². The average molecular weight is 313 g/mol. The van der Waals surface area contributed by atoms with Gasteiger partial charge in [-0.3, -0.25) is 9.59 Å². The SMILES string of the molecule is COc1cccc2c1CCCCN2C(=O)c1ccc(=O)n(C)n1. The molecule has 1 aromatic heterocycles. The summed E-state index contributed by atoms with van der Waals surface area (Å²) in [4.78, 5) is 26.1. The number of carbonyl (C=O) groups is 1. The monoisotopic (exact) mass is 313 g/mol. The Bertz CT molecular complexity index is 798. The van der Waals surface area contributed by atoms with Crippen LogP contribution >= 0.6 is 0 Å². The number of amides is 1. The number of aromatic nitrogens is 2. The number of fused-ring (bicyclic) bond motifs is 1. The van der Waals surface area contributed by atoms with Crippen LogP contribution < -0.4 is 15.2 Å². The van der Waals surface area contributed by atoms with Crippen molar-refractivity contribution in [1.29, 1.82) is 0 Å². The van der Waals surface area contributed by atoms with Crippen LogP contribution in [0.2, 0.25) is 0 Å². The lowest BCUT2D eigenvalue weighted by Gasteiger charge is -2.23. The molecule has 1 amide bonds. The minimum Gasteiger partial charge on any atom is -0.496 e. The van der Waals surface area contributed by atoms with Crippen LogP contribution in [0.25, 0.3) is 0 Å². The van der Waals surface area contributed by atoms with E-state index in [1.54, 1.807) is 19.1 Å². The third-order valence-corrected chi connectivity index (χ3v) is 4.10. The number of hydrogen-bond donors (Lipinski definition) is 0. The highest BCUT2D eigenvalue weighted by atomic mass is 16.5. The van der Waals surface area contributed by atoms with E-state index in [4.69, 9.17) is 4.74 Å². The fourth-order valence-electron chi connectivity index (χ4n) is 2.91. The predicted octanol–water partition coefficient (Wildman–Crippen LogP) is 1.77. The van der Waals surface area contributed by atoms with E-state index < -0.39 is 0 Å². The van der Waals surface area contributed by atoms with E-state index in [0.29, 0.717) is 6.54 Å². The number of aryl methyl sites for hydroxylation is 1. The van der Waals surface area contributed by atoms with Crippen molar-refractivity contribution in [3.05, 3.63) is 51.9 Å². The van der Waals surface area contributed by atoms with Gasteiger partial charge in [0, 0.05) is 25.2 Å². The number of methoxy groups -OCH3 is 1. The van der Waals surface area contributed by atoms with Crippen molar-refractivity contribution in [3.63, 3.8) is 0 Å². The maximum absolute atomic E-state index is 12.9. The van der Waals surface area contributed by atoms with Crippen molar-refractivity contribution in [2.45, 2.75) is 19.3 Å². The second kappa shape index (κ2) is 6.24. The van der Waals surface area contributed by atoms with Gasteiger partial charge in [0.2, 0.25) is 0 Å². The van der Waals surface area contributed by atoms with Crippen molar-refractivity contribution < 1.29 is 9.53 Å². The highest BCUT2D eigenvalue weighted by Crippen LogP contribution is 2.33. The average Bonchev–Trinajstić information content (AvgIpc) is 2.79. The second-order valence-corrected chi connectivity index (χ2v) is 5.55. The van der Waals surface area contributed by atoms with Gasteiger partial charge in [-0.1, -0.05) is 6.07 Å². The Morgan fingerprint density at radius 3 is 2.78 bits per heavy atom. The Balaban J connectivity index is 2.04. The van der Waals surface area contributed by atoms with Crippen molar-refractivity contribution in [1.82, 2.24) is 9.78 Å². The summed E-state index contributed by atoms with van der Waals surface area (Å²) >= 11 is 0. The quantitative estimate of drug-likeness (QED) is 0.847. The smallest absolute Gasteiger partial charge is 0.278 e.